The molecule has 1 aliphatic rings. The van der Waals surface area contributed by atoms with Gasteiger partial charge in [-0.25, -0.2) is 9.18 Å². The quantitative estimate of drug-likeness (QED) is 0.784. The molecule has 0 aliphatic carbocycles. The number of hydrogen-bond donors (Lipinski definition) is 2. The Kier molecular flexibility index (Phi) is 5.75. The lowest BCUT2D eigenvalue weighted by molar-refractivity contribution is -0.123. The Morgan fingerprint density at radius 2 is 2.07 bits per heavy atom. The number of anilines is 2. The fraction of sp³-hybridized carbons (Fsp3) is 0.211. The van der Waals surface area contributed by atoms with Crippen molar-refractivity contribution in [3.8, 4) is 0 Å². The molecule has 0 saturated carbocycles. The largest absolute Gasteiger partial charge is 0.449 e. The summed E-state index contributed by atoms with van der Waals surface area (Å²) in [7, 11) is 0. The van der Waals surface area contributed by atoms with Gasteiger partial charge in [-0.15, -0.1) is 11.8 Å². The Labute approximate surface area is 159 Å². The average molecular weight is 388 g/mol. The summed E-state index contributed by atoms with van der Waals surface area (Å²) in [4.78, 5) is 37.0. The number of rotatable bonds is 4. The van der Waals surface area contributed by atoms with Gasteiger partial charge in [0.15, 0.2) is 6.10 Å². The monoisotopic (exact) mass is 388 g/mol. The van der Waals surface area contributed by atoms with Crippen LogP contribution in [0, 0.1) is 5.82 Å². The van der Waals surface area contributed by atoms with Crippen molar-refractivity contribution >= 4 is 40.9 Å². The number of nitrogens with one attached hydrogen (secondary N) is 2. The van der Waals surface area contributed by atoms with Crippen molar-refractivity contribution in [3.05, 3.63) is 53.8 Å². The number of amides is 2. The van der Waals surface area contributed by atoms with Gasteiger partial charge >= 0.3 is 5.97 Å². The first-order valence-electron chi connectivity index (χ1n) is 8.26. The molecular weight excluding hydrogens is 371 g/mol. The molecule has 0 fully saturated rings. The van der Waals surface area contributed by atoms with Crippen molar-refractivity contribution in [3.63, 3.8) is 0 Å². The Morgan fingerprint density at radius 1 is 1.26 bits per heavy atom. The van der Waals surface area contributed by atoms with Crippen LogP contribution in [0.1, 0.15) is 23.7 Å². The average Bonchev–Trinajstić information content (AvgIpc) is 2.81. The lowest BCUT2D eigenvalue weighted by Gasteiger charge is -2.14. The normalized spacial score (nSPS) is 14.4. The van der Waals surface area contributed by atoms with E-state index in [0.717, 1.165) is 4.90 Å². The first-order chi connectivity index (χ1) is 12.9. The van der Waals surface area contributed by atoms with Gasteiger partial charge in [0.25, 0.3) is 5.91 Å². The standard InChI is InChI=1S/C19H17FN2O4S/c1-11(18(24)21-14-4-2-3-13(20)10-14)26-19(25)12-5-6-16-15(9-12)22-17(23)7-8-27-16/h2-6,9-11H,7-8H2,1H3,(H,21,24)(H,22,23)/t11-/m1/s1. The highest BCUT2D eigenvalue weighted by molar-refractivity contribution is 7.99. The summed E-state index contributed by atoms with van der Waals surface area (Å²) in [5, 5.41) is 5.24. The van der Waals surface area contributed by atoms with E-state index in [1.54, 1.807) is 12.1 Å². The number of thioether (sulfide) groups is 1. The van der Waals surface area contributed by atoms with Crippen molar-refractivity contribution in [1.29, 1.82) is 0 Å². The zero-order valence-electron chi connectivity index (χ0n) is 14.5. The SMILES string of the molecule is C[C@@H](OC(=O)c1ccc2c(c1)NC(=O)CCS2)C(=O)Nc1cccc(F)c1. The molecule has 1 heterocycles. The van der Waals surface area contributed by atoms with Gasteiger partial charge in [-0.2, -0.15) is 0 Å². The summed E-state index contributed by atoms with van der Waals surface area (Å²) in [6.45, 7) is 1.42. The third-order valence-corrected chi connectivity index (χ3v) is 4.90. The molecule has 0 bridgehead atoms. The van der Waals surface area contributed by atoms with Crippen molar-refractivity contribution in [2.24, 2.45) is 0 Å². The molecule has 0 aromatic heterocycles. The smallest absolute Gasteiger partial charge is 0.338 e. The number of benzene rings is 2. The zero-order chi connectivity index (χ0) is 19.4. The maximum absolute atomic E-state index is 13.2. The Hall–Kier alpha value is -2.87. The number of hydrogen-bond acceptors (Lipinski definition) is 5. The second-order valence-electron chi connectivity index (χ2n) is 5.90. The summed E-state index contributed by atoms with van der Waals surface area (Å²) in [6, 6.07) is 10.3. The van der Waals surface area contributed by atoms with E-state index in [2.05, 4.69) is 10.6 Å². The van der Waals surface area contributed by atoms with Crippen LogP contribution in [0.15, 0.2) is 47.4 Å². The lowest BCUT2D eigenvalue weighted by Crippen LogP contribution is -2.30. The van der Waals surface area contributed by atoms with Gasteiger partial charge in [0.1, 0.15) is 5.82 Å². The van der Waals surface area contributed by atoms with E-state index in [-0.39, 0.29) is 17.2 Å². The summed E-state index contributed by atoms with van der Waals surface area (Å²) in [5.74, 6) is -1.20. The van der Waals surface area contributed by atoms with Gasteiger partial charge in [0.05, 0.1) is 11.3 Å². The molecule has 3 rings (SSSR count). The van der Waals surface area contributed by atoms with Crippen molar-refractivity contribution in [2.45, 2.75) is 24.3 Å². The minimum Gasteiger partial charge on any atom is -0.449 e. The van der Waals surface area contributed by atoms with E-state index in [4.69, 9.17) is 4.74 Å². The fourth-order valence-corrected chi connectivity index (χ4v) is 3.38. The lowest BCUT2D eigenvalue weighted by atomic mass is 10.2. The molecule has 2 aromatic carbocycles. The van der Waals surface area contributed by atoms with E-state index in [1.165, 1.54) is 49.0 Å². The molecule has 0 radical (unpaired) electrons. The topological polar surface area (TPSA) is 84.5 Å². The van der Waals surface area contributed by atoms with Crippen LogP contribution >= 0.6 is 11.8 Å². The van der Waals surface area contributed by atoms with Gasteiger partial charge in [-0.3, -0.25) is 9.59 Å². The predicted octanol–water partition coefficient (Wildman–Crippen LogP) is 3.44. The molecule has 1 atom stereocenters. The number of fused-ring (bicyclic) bond motifs is 1. The minimum atomic E-state index is -1.08. The first kappa shape index (κ1) is 18.9. The molecule has 0 unspecified atom stereocenters. The van der Waals surface area contributed by atoms with Crippen LogP contribution in [0.5, 0.6) is 0 Å². The molecule has 8 heteroatoms. The summed E-state index contributed by atoms with van der Waals surface area (Å²) in [6.07, 6.45) is -0.681. The fourth-order valence-electron chi connectivity index (χ4n) is 2.44. The molecule has 2 amide bonds. The molecule has 27 heavy (non-hydrogen) atoms. The van der Waals surface area contributed by atoms with Crippen molar-refractivity contribution in [2.75, 3.05) is 16.4 Å². The summed E-state index contributed by atoms with van der Waals surface area (Å²) >= 11 is 1.52. The highest BCUT2D eigenvalue weighted by atomic mass is 32.2. The van der Waals surface area contributed by atoms with Crippen LogP contribution in [0.4, 0.5) is 15.8 Å². The number of carbonyl (C=O) groups is 3. The van der Waals surface area contributed by atoms with Gasteiger partial charge in [0, 0.05) is 22.8 Å². The van der Waals surface area contributed by atoms with Gasteiger partial charge < -0.3 is 15.4 Å². The van der Waals surface area contributed by atoms with E-state index >= 15 is 0 Å². The second kappa shape index (κ2) is 8.22. The Balaban J connectivity index is 1.66. The van der Waals surface area contributed by atoms with Crippen LogP contribution in [-0.2, 0) is 14.3 Å². The first-order valence-corrected chi connectivity index (χ1v) is 9.25. The maximum Gasteiger partial charge on any atom is 0.338 e. The molecule has 1 aliphatic heterocycles. The van der Waals surface area contributed by atoms with Crippen molar-refractivity contribution in [1.82, 2.24) is 0 Å². The Bertz CT molecular complexity index is 903. The molecule has 6 nitrogen and oxygen atoms in total. The molecule has 0 saturated heterocycles. The van der Waals surface area contributed by atoms with Gasteiger partial charge in [-0.1, -0.05) is 6.07 Å². The van der Waals surface area contributed by atoms with Crippen LogP contribution < -0.4 is 10.6 Å². The third-order valence-electron chi connectivity index (χ3n) is 3.82. The van der Waals surface area contributed by atoms with Crippen LogP contribution in [0.25, 0.3) is 0 Å². The van der Waals surface area contributed by atoms with Crippen molar-refractivity contribution < 1.29 is 23.5 Å². The highest BCUT2D eigenvalue weighted by Crippen LogP contribution is 2.31. The highest BCUT2D eigenvalue weighted by Gasteiger charge is 2.21. The summed E-state index contributed by atoms with van der Waals surface area (Å²) in [5.41, 5.74) is 1.04. The minimum absolute atomic E-state index is 0.116. The second-order valence-corrected chi connectivity index (χ2v) is 7.04. The molecule has 2 aromatic rings. The molecule has 0 spiro atoms. The van der Waals surface area contributed by atoms with Gasteiger partial charge in [0.2, 0.25) is 5.91 Å². The molecule has 2 N–H and O–H groups in total. The van der Waals surface area contributed by atoms with Crippen LogP contribution in [0.2, 0.25) is 0 Å². The number of halogens is 1. The zero-order valence-corrected chi connectivity index (χ0v) is 15.3. The number of carbonyl (C=O) groups excluding carboxylic acids is 3. The van der Waals surface area contributed by atoms with E-state index in [1.807, 2.05) is 0 Å². The van der Waals surface area contributed by atoms with Gasteiger partial charge in [-0.05, 0) is 43.3 Å². The number of ether oxygens (including phenoxy) is 1. The molecular formula is C19H17FN2O4S. The summed E-state index contributed by atoms with van der Waals surface area (Å²) < 4.78 is 18.4. The maximum atomic E-state index is 13.2. The van der Waals surface area contributed by atoms with E-state index < -0.39 is 23.8 Å². The number of esters is 1. The van der Waals surface area contributed by atoms with E-state index in [9.17, 15) is 18.8 Å². The van der Waals surface area contributed by atoms with E-state index in [0.29, 0.717) is 17.9 Å². The predicted molar refractivity (Wildman–Crippen MR) is 100 cm³/mol. The molecule has 140 valence electrons. The van der Waals surface area contributed by atoms with Crippen LogP contribution in [-0.4, -0.2) is 29.6 Å². The third kappa shape index (κ3) is 4.85. The Morgan fingerprint density at radius 3 is 2.85 bits per heavy atom. The van der Waals surface area contributed by atoms with Crippen LogP contribution in [0.3, 0.4) is 0 Å².